The predicted octanol–water partition coefficient (Wildman–Crippen LogP) is 2.92. The summed E-state index contributed by atoms with van der Waals surface area (Å²) in [6, 6.07) is 0.0949. The summed E-state index contributed by atoms with van der Waals surface area (Å²) < 4.78 is 0. The van der Waals surface area contributed by atoms with Crippen LogP contribution >= 0.6 is 11.3 Å². The summed E-state index contributed by atoms with van der Waals surface area (Å²) in [5.41, 5.74) is 7.16. The van der Waals surface area contributed by atoms with Crippen molar-refractivity contribution in [3.63, 3.8) is 0 Å². The van der Waals surface area contributed by atoms with E-state index in [1.807, 2.05) is 0 Å². The molecule has 1 rings (SSSR count). The number of rotatable bonds is 3. The maximum absolute atomic E-state index is 6.00. The van der Waals surface area contributed by atoms with Crippen molar-refractivity contribution in [2.45, 2.75) is 39.7 Å². The molecule has 13 heavy (non-hydrogen) atoms. The standard InChI is InChI=1S/C10H18N2S/c1-6(2)8-5-13-10(12-8)9(11)7(3)4/h5-7,9H,11H2,1-4H3. The molecule has 0 aromatic carbocycles. The lowest BCUT2D eigenvalue weighted by Gasteiger charge is -2.11. The minimum absolute atomic E-state index is 0.0949. The molecule has 0 amide bonds. The van der Waals surface area contributed by atoms with Gasteiger partial charge in [0.2, 0.25) is 0 Å². The number of aromatic nitrogens is 1. The molecule has 0 aliphatic heterocycles. The van der Waals surface area contributed by atoms with E-state index >= 15 is 0 Å². The van der Waals surface area contributed by atoms with Crippen LogP contribution in [0.5, 0.6) is 0 Å². The first kappa shape index (κ1) is 10.7. The third kappa shape index (κ3) is 2.51. The van der Waals surface area contributed by atoms with Gasteiger partial charge in [-0.15, -0.1) is 11.3 Å². The van der Waals surface area contributed by atoms with Crippen molar-refractivity contribution >= 4 is 11.3 Å². The van der Waals surface area contributed by atoms with Crippen LogP contribution < -0.4 is 5.73 Å². The van der Waals surface area contributed by atoms with Crippen molar-refractivity contribution in [3.8, 4) is 0 Å². The first-order chi connectivity index (χ1) is 6.02. The van der Waals surface area contributed by atoms with Gasteiger partial charge in [0, 0.05) is 5.38 Å². The van der Waals surface area contributed by atoms with Crippen molar-refractivity contribution < 1.29 is 0 Å². The summed E-state index contributed by atoms with van der Waals surface area (Å²) in [6.45, 7) is 8.56. The molecule has 0 bridgehead atoms. The normalized spacial score (nSPS) is 14.1. The maximum atomic E-state index is 6.00. The Balaban J connectivity index is 2.79. The van der Waals surface area contributed by atoms with E-state index in [4.69, 9.17) is 5.73 Å². The molecule has 0 aliphatic rings. The maximum Gasteiger partial charge on any atom is 0.110 e. The zero-order valence-corrected chi connectivity index (χ0v) is 9.56. The van der Waals surface area contributed by atoms with Gasteiger partial charge in [-0.25, -0.2) is 4.98 Å². The minimum atomic E-state index is 0.0949. The van der Waals surface area contributed by atoms with Gasteiger partial charge in [0.15, 0.2) is 0 Å². The van der Waals surface area contributed by atoms with Crippen LogP contribution in [0.15, 0.2) is 5.38 Å². The molecule has 74 valence electrons. The molecule has 0 saturated carbocycles. The number of hydrogen-bond acceptors (Lipinski definition) is 3. The Bertz CT molecular complexity index is 266. The van der Waals surface area contributed by atoms with Crippen LogP contribution in [0, 0.1) is 5.92 Å². The fourth-order valence-electron chi connectivity index (χ4n) is 1.00. The first-order valence-electron chi connectivity index (χ1n) is 4.73. The molecule has 0 fully saturated rings. The van der Waals surface area contributed by atoms with Gasteiger partial charge in [-0.3, -0.25) is 0 Å². The van der Waals surface area contributed by atoms with Crippen LogP contribution in [0.2, 0.25) is 0 Å². The molecule has 2 nitrogen and oxygen atoms in total. The van der Waals surface area contributed by atoms with Crippen LogP contribution in [-0.2, 0) is 0 Å². The molecule has 0 aliphatic carbocycles. The number of thiazole rings is 1. The Morgan fingerprint density at radius 2 is 1.92 bits per heavy atom. The summed E-state index contributed by atoms with van der Waals surface area (Å²) in [7, 11) is 0. The first-order valence-corrected chi connectivity index (χ1v) is 5.61. The molecule has 0 saturated heterocycles. The van der Waals surface area contributed by atoms with Crippen molar-refractivity contribution in [1.29, 1.82) is 0 Å². The zero-order chi connectivity index (χ0) is 10.0. The van der Waals surface area contributed by atoms with Gasteiger partial charge < -0.3 is 5.73 Å². The van der Waals surface area contributed by atoms with Crippen molar-refractivity contribution in [2.75, 3.05) is 0 Å². The lowest BCUT2D eigenvalue weighted by atomic mass is 10.1. The van der Waals surface area contributed by atoms with Gasteiger partial charge in [0.25, 0.3) is 0 Å². The fraction of sp³-hybridized carbons (Fsp3) is 0.700. The summed E-state index contributed by atoms with van der Waals surface area (Å²) in [5.74, 6) is 0.968. The van der Waals surface area contributed by atoms with Crippen LogP contribution in [0.25, 0.3) is 0 Å². The molecule has 0 spiro atoms. The highest BCUT2D eigenvalue weighted by Gasteiger charge is 2.15. The lowest BCUT2D eigenvalue weighted by molar-refractivity contribution is 0.510. The average molecular weight is 198 g/mol. The topological polar surface area (TPSA) is 38.9 Å². The van der Waals surface area contributed by atoms with Crippen molar-refractivity contribution in [1.82, 2.24) is 4.98 Å². The monoisotopic (exact) mass is 198 g/mol. The smallest absolute Gasteiger partial charge is 0.110 e. The lowest BCUT2D eigenvalue weighted by Crippen LogP contribution is -2.16. The Morgan fingerprint density at radius 1 is 1.31 bits per heavy atom. The molecule has 1 atom stereocenters. The summed E-state index contributed by atoms with van der Waals surface area (Å²) in [5, 5.41) is 3.18. The third-order valence-electron chi connectivity index (χ3n) is 2.13. The van der Waals surface area contributed by atoms with E-state index in [2.05, 4.69) is 38.1 Å². The van der Waals surface area contributed by atoms with E-state index in [-0.39, 0.29) is 6.04 Å². The van der Waals surface area contributed by atoms with E-state index in [1.165, 1.54) is 0 Å². The molecule has 0 radical (unpaired) electrons. The predicted molar refractivity (Wildman–Crippen MR) is 58.0 cm³/mol. The zero-order valence-electron chi connectivity index (χ0n) is 8.74. The molecule has 1 aromatic rings. The minimum Gasteiger partial charge on any atom is -0.322 e. The Labute approximate surface area is 84.2 Å². The van der Waals surface area contributed by atoms with Crippen LogP contribution in [0.1, 0.15) is 50.4 Å². The van der Waals surface area contributed by atoms with Crippen LogP contribution in [0.3, 0.4) is 0 Å². The molecule has 1 unspecified atom stereocenters. The number of hydrogen-bond donors (Lipinski definition) is 1. The second-order valence-corrected chi connectivity index (χ2v) is 4.92. The van der Waals surface area contributed by atoms with E-state index in [1.54, 1.807) is 11.3 Å². The van der Waals surface area contributed by atoms with E-state index < -0.39 is 0 Å². The van der Waals surface area contributed by atoms with Gasteiger partial charge in [0.1, 0.15) is 5.01 Å². The number of nitrogens with two attached hydrogens (primary N) is 1. The van der Waals surface area contributed by atoms with Gasteiger partial charge in [-0.05, 0) is 11.8 Å². The highest BCUT2D eigenvalue weighted by atomic mass is 32.1. The van der Waals surface area contributed by atoms with Gasteiger partial charge in [-0.2, -0.15) is 0 Å². The Hall–Kier alpha value is -0.410. The molecular formula is C10H18N2S. The highest BCUT2D eigenvalue weighted by Crippen LogP contribution is 2.25. The molecular weight excluding hydrogens is 180 g/mol. The third-order valence-corrected chi connectivity index (χ3v) is 3.10. The second-order valence-electron chi connectivity index (χ2n) is 4.04. The number of nitrogens with zero attached hydrogens (tertiary/aromatic N) is 1. The van der Waals surface area contributed by atoms with E-state index in [9.17, 15) is 0 Å². The Morgan fingerprint density at radius 3 is 2.31 bits per heavy atom. The highest BCUT2D eigenvalue weighted by molar-refractivity contribution is 7.09. The molecule has 1 aromatic heterocycles. The Kier molecular flexibility index (Phi) is 3.45. The van der Waals surface area contributed by atoms with Crippen molar-refractivity contribution in [3.05, 3.63) is 16.1 Å². The van der Waals surface area contributed by atoms with Crippen LogP contribution in [0.4, 0.5) is 0 Å². The van der Waals surface area contributed by atoms with Crippen LogP contribution in [-0.4, -0.2) is 4.98 Å². The SMILES string of the molecule is CC(C)c1csc(C(N)C(C)C)n1. The van der Waals surface area contributed by atoms with E-state index in [0.29, 0.717) is 11.8 Å². The summed E-state index contributed by atoms with van der Waals surface area (Å²) >= 11 is 1.68. The van der Waals surface area contributed by atoms with Crippen molar-refractivity contribution in [2.24, 2.45) is 11.7 Å². The second kappa shape index (κ2) is 4.20. The van der Waals surface area contributed by atoms with E-state index in [0.717, 1.165) is 10.7 Å². The van der Waals surface area contributed by atoms with Gasteiger partial charge in [0.05, 0.1) is 11.7 Å². The molecule has 1 heterocycles. The van der Waals surface area contributed by atoms with Gasteiger partial charge in [-0.1, -0.05) is 27.7 Å². The molecule has 2 N–H and O–H groups in total. The fourth-order valence-corrected chi connectivity index (χ4v) is 2.16. The summed E-state index contributed by atoms with van der Waals surface area (Å²) in [4.78, 5) is 4.52. The largest absolute Gasteiger partial charge is 0.322 e. The van der Waals surface area contributed by atoms with Gasteiger partial charge >= 0.3 is 0 Å². The molecule has 3 heteroatoms. The average Bonchev–Trinajstić information content (AvgIpc) is 2.50. The summed E-state index contributed by atoms with van der Waals surface area (Å²) in [6.07, 6.45) is 0. The quantitative estimate of drug-likeness (QED) is 0.811.